The van der Waals surface area contributed by atoms with Crippen molar-refractivity contribution in [1.29, 1.82) is 0 Å². The highest BCUT2D eigenvalue weighted by Gasteiger charge is 2.17. The maximum atomic E-state index is 12.1. The van der Waals surface area contributed by atoms with E-state index in [0.717, 1.165) is 29.3 Å². The Morgan fingerprint density at radius 1 is 1.17 bits per heavy atom. The SMILES string of the molecule is FC(F)Oc1ccc(C2=NNC(=NC3CCCCC3)SC2)cc1. The molecule has 0 bridgehead atoms. The van der Waals surface area contributed by atoms with Crippen molar-refractivity contribution in [1.82, 2.24) is 5.43 Å². The highest BCUT2D eigenvalue weighted by atomic mass is 32.2. The highest BCUT2D eigenvalue weighted by Crippen LogP contribution is 2.23. The van der Waals surface area contributed by atoms with Crippen LogP contribution in [0.4, 0.5) is 8.78 Å². The number of benzene rings is 1. The highest BCUT2D eigenvalue weighted by molar-refractivity contribution is 8.14. The van der Waals surface area contributed by atoms with Crippen molar-refractivity contribution in [3.8, 4) is 5.75 Å². The molecule has 4 nitrogen and oxygen atoms in total. The van der Waals surface area contributed by atoms with Crippen LogP contribution in [0.3, 0.4) is 0 Å². The fourth-order valence-corrected chi connectivity index (χ4v) is 3.57. The quantitative estimate of drug-likeness (QED) is 0.901. The lowest BCUT2D eigenvalue weighted by Crippen LogP contribution is -2.27. The zero-order valence-electron chi connectivity index (χ0n) is 12.7. The predicted molar refractivity (Wildman–Crippen MR) is 89.5 cm³/mol. The van der Waals surface area contributed by atoms with Gasteiger partial charge in [0.25, 0.3) is 0 Å². The summed E-state index contributed by atoms with van der Waals surface area (Å²) in [4.78, 5) is 4.73. The van der Waals surface area contributed by atoms with Crippen LogP contribution in [-0.2, 0) is 0 Å². The van der Waals surface area contributed by atoms with E-state index in [1.54, 1.807) is 23.9 Å². The molecule has 124 valence electrons. The van der Waals surface area contributed by atoms with Gasteiger partial charge in [0.05, 0.1) is 11.8 Å². The molecule has 7 heteroatoms. The van der Waals surface area contributed by atoms with Gasteiger partial charge in [-0.05, 0) is 42.7 Å². The first kappa shape index (κ1) is 16.2. The monoisotopic (exact) mass is 339 g/mol. The van der Waals surface area contributed by atoms with E-state index >= 15 is 0 Å². The van der Waals surface area contributed by atoms with Crippen LogP contribution in [0.15, 0.2) is 34.4 Å². The molecule has 23 heavy (non-hydrogen) atoms. The van der Waals surface area contributed by atoms with Crippen molar-refractivity contribution in [3.05, 3.63) is 29.8 Å². The molecule has 1 N–H and O–H groups in total. The summed E-state index contributed by atoms with van der Waals surface area (Å²) in [5, 5.41) is 5.24. The second-order valence-electron chi connectivity index (χ2n) is 5.59. The summed E-state index contributed by atoms with van der Waals surface area (Å²) in [6.07, 6.45) is 6.15. The Morgan fingerprint density at radius 2 is 1.91 bits per heavy atom. The van der Waals surface area contributed by atoms with E-state index in [2.05, 4.69) is 15.3 Å². The third kappa shape index (κ3) is 4.67. The molecular weight excluding hydrogens is 320 g/mol. The van der Waals surface area contributed by atoms with Gasteiger partial charge in [0.1, 0.15) is 5.75 Å². The van der Waals surface area contributed by atoms with Gasteiger partial charge >= 0.3 is 6.61 Å². The molecule has 0 aromatic heterocycles. The molecule has 1 fully saturated rings. The van der Waals surface area contributed by atoms with E-state index in [-0.39, 0.29) is 5.75 Å². The minimum absolute atomic E-state index is 0.153. The number of amidine groups is 1. The number of nitrogens with one attached hydrogen (secondary N) is 1. The number of hydrogen-bond acceptors (Lipinski definition) is 4. The molecule has 0 saturated heterocycles. The number of ether oxygens (including phenoxy) is 1. The van der Waals surface area contributed by atoms with E-state index in [1.807, 2.05) is 0 Å². The predicted octanol–water partition coefficient (Wildman–Crippen LogP) is 4.02. The first-order valence-electron chi connectivity index (χ1n) is 7.79. The number of halogens is 2. The zero-order valence-corrected chi connectivity index (χ0v) is 13.5. The fourth-order valence-electron chi connectivity index (χ4n) is 2.74. The lowest BCUT2D eigenvalue weighted by molar-refractivity contribution is -0.0498. The standard InChI is InChI=1S/C16H19F2N3OS/c17-15(18)22-13-8-6-11(7-9-13)14-10-23-16(21-20-14)19-12-4-2-1-3-5-12/h6-9,12,15H,1-5,10H2,(H,19,21). The number of rotatable bonds is 4. The van der Waals surface area contributed by atoms with Crippen molar-refractivity contribution in [2.45, 2.75) is 44.8 Å². The van der Waals surface area contributed by atoms with Gasteiger partial charge in [0, 0.05) is 5.75 Å². The van der Waals surface area contributed by atoms with Gasteiger partial charge in [-0.3, -0.25) is 10.4 Å². The minimum Gasteiger partial charge on any atom is -0.435 e. The van der Waals surface area contributed by atoms with Crippen LogP contribution in [-0.4, -0.2) is 29.3 Å². The first-order valence-corrected chi connectivity index (χ1v) is 8.78. The Morgan fingerprint density at radius 3 is 2.52 bits per heavy atom. The van der Waals surface area contributed by atoms with E-state index in [1.165, 1.54) is 31.4 Å². The normalized spacial score (nSPS) is 21.2. The van der Waals surface area contributed by atoms with Gasteiger partial charge in [-0.1, -0.05) is 31.0 Å². The van der Waals surface area contributed by atoms with Crippen molar-refractivity contribution in [3.63, 3.8) is 0 Å². The average molecular weight is 339 g/mol. The summed E-state index contributed by atoms with van der Waals surface area (Å²) >= 11 is 1.63. The van der Waals surface area contributed by atoms with Crippen molar-refractivity contribution < 1.29 is 13.5 Å². The lowest BCUT2D eigenvalue weighted by atomic mass is 9.96. The van der Waals surface area contributed by atoms with Gasteiger partial charge in [-0.25, -0.2) is 0 Å². The van der Waals surface area contributed by atoms with Crippen LogP contribution in [0.2, 0.25) is 0 Å². The molecule has 1 aromatic carbocycles. The molecule has 2 aliphatic rings. The largest absolute Gasteiger partial charge is 0.435 e. The van der Waals surface area contributed by atoms with Crippen LogP contribution >= 0.6 is 11.8 Å². The summed E-state index contributed by atoms with van der Waals surface area (Å²) in [7, 11) is 0. The molecule has 0 atom stereocenters. The fraction of sp³-hybridized carbons (Fsp3) is 0.500. The molecule has 0 unspecified atom stereocenters. The molecule has 0 radical (unpaired) electrons. The molecule has 1 aliphatic heterocycles. The number of nitrogens with zero attached hydrogens (tertiary/aromatic N) is 2. The Hall–Kier alpha value is -1.63. The van der Waals surface area contributed by atoms with E-state index < -0.39 is 6.61 Å². The summed E-state index contributed by atoms with van der Waals surface area (Å²) in [5.41, 5.74) is 4.78. The van der Waals surface area contributed by atoms with Gasteiger partial charge in [0.2, 0.25) is 0 Å². The van der Waals surface area contributed by atoms with Gasteiger partial charge in [0.15, 0.2) is 5.17 Å². The summed E-state index contributed by atoms with van der Waals surface area (Å²) in [6, 6.07) is 6.95. The van der Waals surface area contributed by atoms with Crippen molar-refractivity contribution in [2.75, 3.05) is 5.75 Å². The Bertz CT molecular complexity index is 583. The van der Waals surface area contributed by atoms with Gasteiger partial charge < -0.3 is 4.74 Å². The number of hydrogen-bond donors (Lipinski definition) is 1. The molecule has 0 spiro atoms. The molecular formula is C16H19F2N3OS. The van der Waals surface area contributed by atoms with Gasteiger partial charge in [-0.2, -0.15) is 13.9 Å². The second-order valence-corrected chi connectivity index (χ2v) is 6.55. The minimum atomic E-state index is -2.80. The molecule has 1 saturated carbocycles. The van der Waals surface area contributed by atoms with Gasteiger partial charge in [-0.15, -0.1) is 0 Å². The summed E-state index contributed by atoms with van der Waals surface area (Å²) in [5.74, 6) is 0.869. The van der Waals surface area contributed by atoms with Crippen LogP contribution in [0.25, 0.3) is 0 Å². The second kappa shape index (κ2) is 7.77. The number of alkyl halides is 2. The first-order chi connectivity index (χ1) is 11.2. The third-order valence-electron chi connectivity index (χ3n) is 3.92. The Labute approximate surface area is 138 Å². The third-order valence-corrected chi connectivity index (χ3v) is 4.81. The molecule has 1 aliphatic carbocycles. The number of thioether (sulfide) groups is 1. The number of hydrazone groups is 1. The van der Waals surface area contributed by atoms with Crippen LogP contribution in [0.1, 0.15) is 37.7 Å². The topological polar surface area (TPSA) is 46.0 Å². The Balaban J connectivity index is 1.60. The number of aliphatic imine (C=N–C) groups is 1. The van der Waals surface area contributed by atoms with Crippen LogP contribution in [0.5, 0.6) is 5.75 Å². The average Bonchev–Trinajstić information content (AvgIpc) is 2.57. The summed E-state index contributed by atoms with van der Waals surface area (Å²) < 4.78 is 28.6. The molecule has 3 rings (SSSR count). The zero-order chi connectivity index (χ0) is 16.1. The van der Waals surface area contributed by atoms with E-state index in [4.69, 9.17) is 4.99 Å². The maximum absolute atomic E-state index is 12.1. The molecule has 1 aromatic rings. The smallest absolute Gasteiger partial charge is 0.387 e. The van der Waals surface area contributed by atoms with Crippen molar-refractivity contribution in [2.24, 2.45) is 10.1 Å². The molecule has 0 amide bonds. The lowest BCUT2D eigenvalue weighted by Gasteiger charge is -2.21. The van der Waals surface area contributed by atoms with E-state index in [0.29, 0.717) is 11.8 Å². The van der Waals surface area contributed by atoms with Crippen LogP contribution in [0, 0.1) is 0 Å². The van der Waals surface area contributed by atoms with Crippen molar-refractivity contribution >= 4 is 22.6 Å². The van der Waals surface area contributed by atoms with E-state index in [9.17, 15) is 8.78 Å². The Kier molecular flexibility index (Phi) is 5.48. The maximum Gasteiger partial charge on any atom is 0.387 e. The van der Waals surface area contributed by atoms with Crippen LogP contribution < -0.4 is 10.2 Å². The molecule has 1 heterocycles. The summed E-state index contributed by atoms with van der Waals surface area (Å²) in [6.45, 7) is -2.80.